The molecule has 0 amide bonds. The van der Waals surface area contributed by atoms with Crippen LogP contribution in [0.5, 0.6) is 0 Å². The molecule has 0 fully saturated rings. The maximum atomic E-state index is 12.3. The summed E-state index contributed by atoms with van der Waals surface area (Å²) in [6, 6.07) is 4.50. The Bertz CT molecular complexity index is 453. The molecule has 1 aromatic heterocycles. The number of nitrogens with zero attached hydrogens (tertiary/aromatic N) is 1. The zero-order valence-corrected chi connectivity index (χ0v) is 8.17. The standard InChI is InChI=1S/C10H11F2N3/c1-6(10(11)12)14-8-3-2-7-5-13-15-9(7)4-8/h2-6,10,14H,1H3,(H,13,15). The van der Waals surface area contributed by atoms with E-state index in [0.717, 1.165) is 10.9 Å². The molecule has 1 atom stereocenters. The van der Waals surface area contributed by atoms with Gasteiger partial charge in [-0.25, -0.2) is 8.78 Å². The zero-order chi connectivity index (χ0) is 10.8. The highest BCUT2D eigenvalue weighted by atomic mass is 19.3. The van der Waals surface area contributed by atoms with Crippen LogP contribution >= 0.6 is 0 Å². The van der Waals surface area contributed by atoms with E-state index >= 15 is 0 Å². The van der Waals surface area contributed by atoms with Crippen LogP contribution in [0.2, 0.25) is 0 Å². The Labute approximate surface area is 85.5 Å². The number of nitrogens with one attached hydrogen (secondary N) is 2. The van der Waals surface area contributed by atoms with E-state index in [1.165, 1.54) is 6.92 Å². The highest BCUT2D eigenvalue weighted by Gasteiger charge is 2.13. The molecule has 15 heavy (non-hydrogen) atoms. The molecule has 0 aliphatic heterocycles. The summed E-state index contributed by atoms with van der Waals surface area (Å²) in [7, 11) is 0. The number of benzene rings is 1. The van der Waals surface area contributed by atoms with Crippen LogP contribution in [0.25, 0.3) is 10.9 Å². The van der Waals surface area contributed by atoms with Crippen molar-refractivity contribution in [2.24, 2.45) is 0 Å². The number of halogens is 2. The van der Waals surface area contributed by atoms with Crippen LogP contribution in [0.1, 0.15) is 6.92 Å². The van der Waals surface area contributed by atoms with E-state index in [4.69, 9.17) is 0 Å². The van der Waals surface area contributed by atoms with Crippen molar-refractivity contribution < 1.29 is 8.78 Å². The van der Waals surface area contributed by atoms with Gasteiger partial charge in [0.05, 0.1) is 17.8 Å². The molecule has 5 heteroatoms. The van der Waals surface area contributed by atoms with E-state index in [9.17, 15) is 8.78 Å². The Hall–Kier alpha value is -1.65. The number of aromatic amines is 1. The molecule has 0 saturated carbocycles. The molecule has 1 heterocycles. The summed E-state index contributed by atoms with van der Waals surface area (Å²) in [5.41, 5.74) is 1.50. The zero-order valence-electron chi connectivity index (χ0n) is 8.17. The van der Waals surface area contributed by atoms with E-state index in [1.54, 1.807) is 18.3 Å². The summed E-state index contributed by atoms with van der Waals surface area (Å²) in [5.74, 6) is 0. The number of H-pyrrole nitrogens is 1. The molecule has 0 saturated heterocycles. The van der Waals surface area contributed by atoms with Gasteiger partial charge in [-0.2, -0.15) is 5.10 Å². The third-order valence-corrected chi connectivity index (χ3v) is 2.21. The van der Waals surface area contributed by atoms with Crippen molar-refractivity contribution in [3.05, 3.63) is 24.4 Å². The molecule has 0 radical (unpaired) electrons. The SMILES string of the molecule is CC(Nc1ccc2cn[nH]c2c1)C(F)F. The summed E-state index contributed by atoms with van der Waals surface area (Å²) in [6.45, 7) is 1.45. The van der Waals surface area contributed by atoms with Gasteiger partial charge in [0.25, 0.3) is 6.43 Å². The van der Waals surface area contributed by atoms with E-state index < -0.39 is 12.5 Å². The lowest BCUT2D eigenvalue weighted by Gasteiger charge is -2.13. The van der Waals surface area contributed by atoms with Crippen molar-refractivity contribution in [3.63, 3.8) is 0 Å². The fraction of sp³-hybridized carbons (Fsp3) is 0.300. The van der Waals surface area contributed by atoms with Crippen LogP contribution in [0.3, 0.4) is 0 Å². The van der Waals surface area contributed by atoms with Crippen LogP contribution in [-0.4, -0.2) is 22.7 Å². The van der Waals surface area contributed by atoms with E-state index in [1.807, 2.05) is 6.07 Å². The smallest absolute Gasteiger partial charge is 0.258 e. The van der Waals surface area contributed by atoms with Gasteiger partial charge >= 0.3 is 0 Å². The summed E-state index contributed by atoms with van der Waals surface area (Å²) < 4.78 is 24.6. The molecule has 0 spiro atoms. The molecule has 0 aliphatic rings. The maximum absolute atomic E-state index is 12.3. The van der Waals surface area contributed by atoms with Gasteiger partial charge in [0.1, 0.15) is 0 Å². The molecule has 3 nitrogen and oxygen atoms in total. The lowest BCUT2D eigenvalue weighted by Crippen LogP contribution is -2.23. The predicted octanol–water partition coefficient (Wildman–Crippen LogP) is 2.63. The van der Waals surface area contributed by atoms with Crippen LogP contribution in [-0.2, 0) is 0 Å². The van der Waals surface area contributed by atoms with Crippen LogP contribution < -0.4 is 5.32 Å². The average Bonchev–Trinajstić information content (AvgIpc) is 2.64. The third-order valence-electron chi connectivity index (χ3n) is 2.21. The number of fused-ring (bicyclic) bond motifs is 1. The van der Waals surface area contributed by atoms with E-state index in [0.29, 0.717) is 5.69 Å². The fourth-order valence-electron chi connectivity index (χ4n) is 1.35. The van der Waals surface area contributed by atoms with Gasteiger partial charge in [-0.05, 0) is 25.1 Å². The first kappa shape index (κ1) is 9.89. The molecule has 2 aromatic rings. The summed E-state index contributed by atoms with van der Waals surface area (Å²) >= 11 is 0. The second kappa shape index (κ2) is 3.84. The van der Waals surface area contributed by atoms with Crippen molar-refractivity contribution in [2.45, 2.75) is 19.4 Å². The summed E-state index contributed by atoms with van der Waals surface area (Å²) in [5, 5.41) is 10.3. The quantitative estimate of drug-likeness (QED) is 0.819. The van der Waals surface area contributed by atoms with Gasteiger partial charge in [0.2, 0.25) is 0 Å². The van der Waals surface area contributed by atoms with Crippen molar-refractivity contribution in [2.75, 3.05) is 5.32 Å². The van der Waals surface area contributed by atoms with Gasteiger partial charge < -0.3 is 5.32 Å². The van der Waals surface area contributed by atoms with Crippen molar-refractivity contribution >= 4 is 16.6 Å². The Kier molecular flexibility index (Phi) is 2.53. The normalized spacial score (nSPS) is 13.3. The van der Waals surface area contributed by atoms with Gasteiger partial charge in [-0.15, -0.1) is 0 Å². The second-order valence-electron chi connectivity index (χ2n) is 3.44. The molecule has 2 N–H and O–H groups in total. The number of alkyl halides is 2. The lowest BCUT2D eigenvalue weighted by atomic mass is 10.2. The average molecular weight is 211 g/mol. The number of hydrogen-bond donors (Lipinski definition) is 2. The fourth-order valence-corrected chi connectivity index (χ4v) is 1.35. The van der Waals surface area contributed by atoms with Crippen LogP contribution in [0.4, 0.5) is 14.5 Å². The highest BCUT2D eigenvalue weighted by molar-refractivity contribution is 5.81. The number of aromatic nitrogens is 2. The first-order valence-electron chi connectivity index (χ1n) is 4.64. The predicted molar refractivity (Wildman–Crippen MR) is 55.2 cm³/mol. The van der Waals surface area contributed by atoms with Crippen molar-refractivity contribution in [1.82, 2.24) is 10.2 Å². The molecule has 80 valence electrons. The largest absolute Gasteiger partial charge is 0.377 e. The minimum atomic E-state index is -2.37. The maximum Gasteiger partial charge on any atom is 0.258 e. The Morgan fingerprint density at radius 2 is 2.20 bits per heavy atom. The van der Waals surface area contributed by atoms with Crippen LogP contribution in [0.15, 0.2) is 24.4 Å². The topological polar surface area (TPSA) is 40.7 Å². The van der Waals surface area contributed by atoms with E-state index in [2.05, 4.69) is 15.5 Å². The first-order chi connectivity index (χ1) is 7.16. The van der Waals surface area contributed by atoms with Crippen molar-refractivity contribution in [3.8, 4) is 0 Å². The number of anilines is 1. The molecule has 2 rings (SSSR count). The molecule has 0 bridgehead atoms. The Morgan fingerprint density at radius 3 is 2.93 bits per heavy atom. The van der Waals surface area contributed by atoms with Gasteiger partial charge in [-0.3, -0.25) is 5.10 Å². The summed E-state index contributed by atoms with van der Waals surface area (Å²) in [6.07, 6.45) is -0.683. The van der Waals surface area contributed by atoms with Gasteiger partial charge in [0, 0.05) is 11.1 Å². The number of rotatable bonds is 3. The van der Waals surface area contributed by atoms with Gasteiger partial charge in [0.15, 0.2) is 0 Å². The van der Waals surface area contributed by atoms with Gasteiger partial charge in [-0.1, -0.05) is 0 Å². The molecule has 0 aliphatic carbocycles. The Balaban J connectivity index is 2.21. The highest BCUT2D eigenvalue weighted by Crippen LogP contribution is 2.18. The van der Waals surface area contributed by atoms with Crippen molar-refractivity contribution in [1.29, 1.82) is 0 Å². The van der Waals surface area contributed by atoms with Crippen LogP contribution in [0, 0.1) is 0 Å². The third kappa shape index (κ3) is 2.06. The lowest BCUT2D eigenvalue weighted by molar-refractivity contribution is 0.131. The molecule has 1 unspecified atom stereocenters. The molecular formula is C10H11F2N3. The summed E-state index contributed by atoms with van der Waals surface area (Å²) in [4.78, 5) is 0. The van der Waals surface area contributed by atoms with E-state index in [-0.39, 0.29) is 0 Å². The number of hydrogen-bond acceptors (Lipinski definition) is 2. The molecular weight excluding hydrogens is 200 g/mol. The first-order valence-corrected chi connectivity index (χ1v) is 4.64. The second-order valence-corrected chi connectivity index (χ2v) is 3.44. The minimum absolute atomic E-state index is 0.666. The monoisotopic (exact) mass is 211 g/mol. The molecule has 1 aromatic carbocycles. The minimum Gasteiger partial charge on any atom is -0.377 e. The Morgan fingerprint density at radius 1 is 1.40 bits per heavy atom.